The van der Waals surface area contributed by atoms with Crippen LogP contribution in [0.25, 0.3) is 11.0 Å². The third-order valence-electron chi connectivity index (χ3n) is 4.48. The molecule has 0 aliphatic rings. The zero-order chi connectivity index (χ0) is 18.9. The molecule has 7 heteroatoms. The molecule has 1 aromatic heterocycles. The van der Waals surface area contributed by atoms with Crippen molar-refractivity contribution in [3.63, 3.8) is 0 Å². The maximum Gasteiger partial charge on any atom is 0.349 e. The van der Waals surface area contributed by atoms with Crippen molar-refractivity contribution >= 4 is 27.0 Å². The quantitative estimate of drug-likeness (QED) is 0.690. The second-order valence-electron chi connectivity index (χ2n) is 5.98. The molecule has 1 atom stereocenters. The van der Waals surface area contributed by atoms with Gasteiger partial charge in [0, 0.05) is 0 Å². The normalized spacial score (nSPS) is 13.0. The predicted molar refractivity (Wildman–Crippen MR) is 101 cm³/mol. The van der Waals surface area contributed by atoms with E-state index in [1.165, 1.54) is 13.0 Å². The van der Waals surface area contributed by atoms with Gasteiger partial charge in [0.1, 0.15) is 0 Å². The van der Waals surface area contributed by atoms with Gasteiger partial charge in [-0.25, -0.2) is 17.8 Å². The predicted octanol–water partition coefficient (Wildman–Crippen LogP) is 2.83. The Balaban J connectivity index is 2.28. The average molecular weight is 372 g/mol. The van der Waals surface area contributed by atoms with Gasteiger partial charge in [0.2, 0.25) is 15.9 Å². The Morgan fingerprint density at radius 2 is 1.54 bits per heavy atom. The van der Waals surface area contributed by atoms with Crippen LogP contribution in [0.3, 0.4) is 0 Å². The zero-order valence-corrected chi connectivity index (χ0v) is 15.4. The van der Waals surface area contributed by atoms with Crippen LogP contribution in [0.5, 0.6) is 0 Å². The van der Waals surface area contributed by atoms with Gasteiger partial charge in [0.25, 0.3) is 0 Å². The molecule has 0 aliphatic heterocycles. The fourth-order valence-corrected chi connectivity index (χ4v) is 4.16. The Kier molecular flexibility index (Phi) is 4.82. The van der Waals surface area contributed by atoms with E-state index in [9.17, 15) is 18.0 Å². The molecule has 26 heavy (non-hydrogen) atoms. The summed E-state index contributed by atoms with van der Waals surface area (Å²) in [4.78, 5) is 26.1. The van der Waals surface area contributed by atoms with Crippen LogP contribution in [0.4, 0.5) is 0 Å². The summed E-state index contributed by atoms with van der Waals surface area (Å²) in [6.45, 7) is 3.33. The molecule has 0 saturated carbocycles. The van der Waals surface area contributed by atoms with E-state index in [1.807, 2.05) is 37.3 Å². The van der Waals surface area contributed by atoms with E-state index in [2.05, 4.69) is 0 Å². The molecule has 0 spiro atoms. The van der Waals surface area contributed by atoms with Crippen LogP contribution >= 0.6 is 0 Å². The van der Waals surface area contributed by atoms with E-state index < -0.39 is 27.5 Å². The van der Waals surface area contributed by atoms with Crippen molar-refractivity contribution in [1.82, 2.24) is 8.54 Å². The Morgan fingerprint density at radius 1 is 0.962 bits per heavy atom. The van der Waals surface area contributed by atoms with Gasteiger partial charge in [-0.05, 0) is 31.0 Å². The summed E-state index contributed by atoms with van der Waals surface area (Å²) >= 11 is 0. The van der Waals surface area contributed by atoms with Gasteiger partial charge in [-0.1, -0.05) is 49.4 Å². The highest BCUT2D eigenvalue weighted by molar-refractivity contribution is 7.90. The lowest BCUT2D eigenvalue weighted by Crippen LogP contribution is -2.35. The molecule has 1 unspecified atom stereocenters. The minimum atomic E-state index is -3.83. The van der Waals surface area contributed by atoms with Gasteiger partial charge in [-0.15, -0.1) is 0 Å². The molecule has 0 saturated heterocycles. The third-order valence-corrected chi connectivity index (χ3v) is 6.12. The summed E-state index contributed by atoms with van der Waals surface area (Å²) in [6, 6.07) is 15.6. The number of benzene rings is 2. The van der Waals surface area contributed by atoms with E-state index in [0.29, 0.717) is 11.9 Å². The Bertz CT molecular complexity index is 1110. The van der Waals surface area contributed by atoms with Crippen molar-refractivity contribution < 1.29 is 13.2 Å². The topological polar surface area (TPSA) is 78.1 Å². The molecule has 0 N–H and O–H groups in total. The molecule has 0 fully saturated rings. The van der Waals surface area contributed by atoms with Crippen LogP contribution in [0.15, 0.2) is 59.4 Å². The number of hydrogen-bond donors (Lipinski definition) is 0. The van der Waals surface area contributed by atoms with Crippen molar-refractivity contribution in [2.24, 2.45) is 0 Å². The van der Waals surface area contributed by atoms with E-state index in [-0.39, 0.29) is 11.3 Å². The van der Waals surface area contributed by atoms with Crippen molar-refractivity contribution in [2.45, 2.75) is 26.2 Å². The Morgan fingerprint density at radius 3 is 2.12 bits per heavy atom. The lowest BCUT2D eigenvalue weighted by Gasteiger charge is -2.14. The lowest BCUT2D eigenvalue weighted by molar-refractivity contribution is 0.0876. The number of imidazole rings is 1. The fourth-order valence-electron chi connectivity index (χ4n) is 3.13. The van der Waals surface area contributed by atoms with Crippen molar-refractivity contribution in [3.8, 4) is 0 Å². The number of rotatable bonds is 5. The van der Waals surface area contributed by atoms with Crippen LogP contribution in [0.2, 0.25) is 0 Å². The SMILES string of the molecule is CCC(C(=O)n1c(=O)n(S(=O)(=O)CC)c2ccccc21)c1ccccc1. The maximum absolute atomic E-state index is 13.2. The number of carbonyl (C=O) groups excluding carboxylic acids is 1. The summed E-state index contributed by atoms with van der Waals surface area (Å²) in [5, 5.41) is 0. The largest absolute Gasteiger partial charge is 0.349 e. The number of carbonyl (C=O) groups is 1. The minimum absolute atomic E-state index is 0.218. The van der Waals surface area contributed by atoms with Crippen LogP contribution < -0.4 is 5.69 Å². The van der Waals surface area contributed by atoms with Crippen LogP contribution in [0, 0.1) is 0 Å². The first-order chi connectivity index (χ1) is 12.4. The monoisotopic (exact) mass is 372 g/mol. The van der Waals surface area contributed by atoms with Crippen LogP contribution in [-0.4, -0.2) is 28.6 Å². The summed E-state index contributed by atoms with van der Waals surface area (Å²) in [6.07, 6.45) is 0.495. The first-order valence-corrected chi connectivity index (χ1v) is 10.1. The van der Waals surface area contributed by atoms with E-state index in [1.54, 1.807) is 18.2 Å². The second kappa shape index (κ2) is 6.92. The first kappa shape index (κ1) is 18.1. The first-order valence-electron chi connectivity index (χ1n) is 8.47. The molecule has 0 aliphatic carbocycles. The van der Waals surface area contributed by atoms with Crippen molar-refractivity contribution in [3.05, 3.63) is 70.6 Å². The maximum atomic E-state index is 13.2. The highest BCUT2D eigenvalue weighted by Gasteiger charge is 2.28. The highest BCUT2D eigenvalue weighted by Crippen LogP contribution is 2.24. The van der Waals surface area contributed by atoms with Gasteiger partial charge < -0.3 is 0 Å². The Hall–Kier alpha value is -2.67. The highest BCUT2D eigenvalue weighted by atomic mass is 32.2. The van der Waals surface area contributed by atoms with Crippen molar-refractivity contribution in [1.29, 1.82) is 0 Å². The molecule has 136 valence electrons. The summed E-state index contributed by atoms with van der Waals surface area (Å²) < 4.78 is 26.6. The number of fused-ring (bicyclic) bond motifs is 1. The lowest BCUT2D eigenvalue weighted by atomic mass is 9.95. The van der Waals surface area contributed by atoms with Gasteiger partial charge in [-0.3, -0.25) is 4.79 Å². The smallest absolute Gasteiger partial charge is 0.273 e. The zero-order valence-electron chi connectivity index (χ0n) is 14.6. The molecule has 0 bridgehead atoms. The minimum Gasteiger partial charge on any atom is -0.273 e. The van der Waals surface area contributed by atoms with E-state index in [4.69, 9.17) is 0 Å². The van der Waals surface area contributed by atoms with Crippen molar-refractivity contribution in [2.75, 3.05) is 5.75 Å². The molecular formula is C19H20N2O4S. The summed E-state index contributed by atoms with van der Waals surface area (Å²) in [7, 11) is -3.83. The molecule has 1 heterocycles. The molecule has 3 aromatic rings. The molecule has 2 aromatic carbocycles. The number of aromatic nitrogens is 2. The standard InChI is InChI=1S/C19H20N2O4S/c1-3-15(14-10-6-5-7-11-14)18(22)20-16-12-8-9-13-17(16)21(19(20)23)26(24,25)4-2/h5-13,15H,3-4H2,1-2H3. The van der Waals surface area contributed by atoms with E-state index >= 15 is 0 Å². The number of nitrogens with zero attached hydrogens (tertiary/aromatic N) is 2. The summed E-state index contributed by atoms with van der Waals surface area (Å²) in [5.41, 5.74) is 0.471. The fraction of sp³-hybridized carbons (Fsp3) is 0.263. The van der Waals surface area contributed by atoms with Crippen LogP contribution in [-0.2, 0) is 10.0 Å². The average Bonchev–Trinajstić information content (AvgIpc) is 2.95. The van der Waals surface area contributed by atoms with Gasteiger partial charge >= 0.3 is 5.69 Å². The summed E-state index contributed by atoms with van der Waals surface area (Å²) in [5.74, 6) is -1.19. The molecule has 0 radical (unpaired) electrons. The van der Waals surface area contributed by atoms with Gasteiger partial charge in [0.15, 0.2) is 0 Å². The Labute approximate surface area is 151 Å². The third kappa shape index (κ3) is 2.88. The molecule has 0 amide bonds. The van der Waals surface area contributed by atoms with Crippen LogP contribution in [0.1, 0.15) is 36.5 Å². The molecule has 3 rings (SSSR count). The molecule has 6 nitrogen and oxygen atoms in total. The number of hydrogen-bond acceptors (Lipinski definition) is 4. The molecular weight excluding hydrogens is 352 g/mol. The number of para-hydroxylation sites is 2. The van der Waals surface area contributed by atoms with Gasteiger partial charge in [0.05, 0.1) is 22.7 Å². The second-order valence-corrected chi connectivity index (χ2v) is 8.09. The van der Waals surface area contributed by atoms with Gasteiger partial charge in [-0.2, -0.15) is 3.97 Å². The van der Waals surface area contributed by atoms with E-state index in [0.717, 1.165) is 14.1 Å².